The largest absolute Gasteiger partial charge is 0.351 e. The fourth-order valence-corrected chi connectivity index (χ4v) is 2.34. The highest BCUT2D eigenvalue weighted by molar-refractivity contribution is 6.02. The smallest absolute Gasteiger partial charge is 0.318 e. The predicted molar refractivity (Wildman–Crippen MR) is 94.1 cm³/mol. The minimum absolute atomic E-state index is 0.321. The second kappa shape index (κ2) is 6.94. The van der Waals surface area contributed by atoms with Crippen molar-refractivity contribution >= 4 is 11.6 Å². The number of amides is 1. The highest BCUT2D eigenvalue weighted by Crippen LogP contribution is 2.15. The molecule has 0 aliphatic carbocycles. The lowest BCUT2D eigenvalue weighted by Crippen LogP contribution is -2.43. The second-order valence-electron chi connectivity index (χ2n) is 5.82. The molecule has 0 unspecified atom stereocenters. The number of rotatable bonds is 3. The van der Waals surface area contributed by atoms with Gasteiger partial charge in [0.25, 0.3) is 11.5 Å². The summed E-state index contributed by atoms with van der Waals surface area (Å²) in [5.41, 5.74) is -1.32. The monoisotopic (exact) mass is 372 g/mol. The van der Waals surface area contributed by atoms with Crippen LogP contribution in [0.25, 0.3) is 5.69 Å². The van der Waals surface area contributed by atoms with Crippen LogP contribution in [0.2, 0.25) is 0 Å². The fourth-order valence-electron chi connectivity index (χ4n) is 2.34. The number of halogens is 2. The number of carbonyl (C=O) groups excluding carboxylic acids is 1. The van der Waals surface area contributed by atoms with Gasteiger partial charge in [0, 0.05) is 13.1 Å². The van der Waals surface area contributed by atoms with Crippen molar-refractivity contribution in [1.29, 1.82) is 0 Å². The van der Waals surface area contributed by atoms with Crippen LogP contribution in [-0.2, 0) is 7.05 Å². The molecule has 0 atom stereocenters. The number of anilines is 1. The lowest BCUT2D eigenvalue weighted by atomic mass is 10.2. The molecule has 9 heteroatoms. The van der Waals surface area contributed by atoms with Crippen LogP contribution in [0.15, 0.2) is 52.1 Å². The number of nitrogens with zero attached hydrogens (tertiary/aromatic N) is 3. The van der Waals surface area contributed by atoms with E-state index < -0.39 is 34.5 Å². The number of hydrogen-bond acceptors (Lipinski definition) is 4. The molecule has 138 valence electrons. The van der Waals surface area contributed by atoms with Crippen molar-refractivity contribution in [2.24, 2.45) is 7.05 Å². The first-order chi connectivity index (χ1) is 12.8. The van der Waals surface area contributed by atoms with Gasteiger partial charge in [-0.25, -0.2) is 13.6 Å². The molecule has 27 heavy (non-hydrogen) atoms. The first kappa shape index (κ1) is 18.2. The van der Waals surface area contributed by atoms with Crippen LogP contribution in [-0.4, -0.2) is 20.3 Å². The Bertz CT molecular complexity index is 1150. The first-order valence-electron chi connectivity index (χ1n) is 7.81. The lowest BCUT2D eigenvalue weighted by molar-refractivity contribution is 0.101. The molecular formula is C18H14F2N4O3. The zero-order valence-electron chi connectivity index (χ0n) is 14.4. The van der Waals surface area contributed by atoms with E-state index in [9.17, 15) is 23.2 Å². The average molecular weight is 372 g/mol. The van der Waals surface area contributed by atoms with E-state index in [4.69, 9.17) is 0 Å². The predicted octanol–water partition coefficient (Wildman–Crippen LogP) is 1.77. The van der Waals surface area contributed by atoms with E-state index in [2.05, 4.69) is 10.4 Å². The van der Waals surface area contributed by atoms with E-state index in [1.54, 1.807) is 24.3 Å². The van der Waals surface area contributed by atoms with Crippen LogP contribution in [0.3, 0.4) is 0 Å². The summed E-state index contributed by atoms with van der Waals surface area (Å²) in [6, 6.07) is 9.25. The first-order valence-corrected chi connectivity index (χ1v) is 7.81. The average Bonchev–Trinajstić information content (AvgIpc) is 2.63. The van der Waals surface area contributed by atoms with Gasteiger partial charge in [0.05, 0.1) is 11.4 Å². The third-order valence-corrected chi connectivity index (χ3v) is 3.85. The van der Waals surface area contributed by atoms with E-state index in [1.165, 1.54) is 7.05 Å². The summed E-state index contributed by atoms with van der Waals surface area (Å²) in [5, 5.41) is 6.00. The maximum atomic E-state index is 13.7. The van der Waals surface area contributed by atoms with E-state index in [0.717, 1.165) is 26.9 Å². The van der Waals surface area contributed by atoms with Crippen molar-refractivity contribution in [3.05, 3.63) is 86.2 Å². The molecule has 0 bridgehead atoms. The van der Waals surface area contributed by atoms with Gasteiger partial charge in [-0.05, 0) is 31.2 Å². The zero-order valence-corrected chi connectivity index (χ0v) is 14.4. The summed E-state index contributed by atoms with van der Waals surface area (Å²) < 4.78 is 28.3. The maximum Gasteiger partial charge on any atom is 0.351 e. The molecule has 0 spiro atoms. The number of hydrogen-bond donors (Lipinski definition) is 1. The quantitative estimate of drug-likeness (QED) is 0.759. The van der Waals surface area contributed by atoms with Crippen molar-refractivity contribution in [2.45, 2.75) is 6.92 Å². The summed E-state index contributed by atoms with van der Waals surface area (Å²) in [6.45, 7) is 1.86. The van der Waals surface area contributed by atoms with Crippen molar-refractivity contribution in [3.8, 4) is 5.69 Å². The minimum Gasteiger partial charge on any atom is -0.318 e. The highest BCUT2D eigenvalue weighted by atomic mass is 19.1. The van der Waals surface area contributed by atoms with E-state index in [-0.39, 0.29) is 5.69 Å². The van der Waals surface area contributed by atoms with Gasteiger partial charge in [-0.3, -0.25) is 14.2 Å². The lowest BCUT2D eigenvalue weighted by Gasteiger charge is -2.10. The van der Waals surface area contributed by atoms with Crippen LogP contribution in [0.1, 0.15) is 16.1 Å². The zero-order chi connectivity index (χ0) is 19.7. The third kappa shape index (κ3) is 3.52. The SMILES string of the molecule is Cc1ccc(-n2nc(C(=O)Nc3ccc(F)cc3F)c(=O)n(C)c2=O)cc1. The normalized spacial score (nSPS) is 10.7. The molecule has 0 saturated carbocycles. The summed E-state index contributed by atoms with van der Waals surface area (Å²) in [4.78, 5) is 37.0. The maximum absolute atomic E-state index is 13.7. The summed E-state index contributed by atoms with van der Waals surface area (Å²) in [5.74, 6) is -2.85. The second-order valence-corrected chi connectivity index (χ2v) is 5.82. The Morgan fingerprint density at radius 3 is 2.37 bits per heavy atom. The standard InChI is InChI=1S/C18H14F2N4O3/c1-10-3-6-12(7-4-10)24-18(27)23(2)17(26)15(22-24)16(25)21-14-8-5-11(19)9-13(14)20/h3-9H,1-2H3,(H,21,25). The topological polar surface area (TPSA) is 86.0 Å². The van der Waals surface area contributed by atoms with E-state index in [0.29, 0.717) is 11.8 Å². The number of benzene rings is 2. The Morgan fingerprint density at radius 2 is 1.74 bits per heavy atom. The molecule has 2 aromatic carbocycles. The summed E-state index contributed by atoms with van der Waals surface area (Å²) in [6.07, 6.45) is 0. The Hall–Kier alpha value is -3.62. The van der Waals surface area contributed by atoms with E-state index >= 15 is 0 Å². The molecule has 1 N–H and O–H groups in total. The summed E-state index contributed by atoms with van der Waals surface area (Å²) >= 11 is 0. The van der Waals surface area contributed by atoms with Crippen LogP contribution in [0.5, 0.6) is 0 Å². The van der Waals surface area contributed by atoms with Crippen LogP contribution >= 0.6 is 0 Å². The molecule has 0 fully saturated rings. The van der Waals surface area contributed by atoms with Crippen molar-refractivity contribution in [1.82, 2.24) is 14.3 Å². The number of aromatic nitrogens is 3. The van der Waals surface area contributed by atoms with Gasteiger partial charge in [-0.2, -0.15) is 9.78 Å². The number of nitrogens with one attached hydrogen (secondary N) is 1. The molecule has 3 aromatic rings. The van der Waals surface area contributed by atoms with Gasteiger partial charge in [0.1, 0.15) is 11.6 Å². The van der Waals surface area contributed by atoms with Crippen LogP contribution in [0.4, 0.5) is 14.5 Å². The molecule has 7 nitrogen and oxygen atoms in total. The van der Waals surface area contributed by atoms with Gasteiger partial charge < -0.3 is 5.32 Å². The Morgan fingerprint density at radius 1 is 1.07 bits per heavy atom. The molecule has 0 aliphatic rings. The number of carbonyl (C=O) groups is 1. The molecule has 0 aliphatic heterocycles. The Balaban J connectivity index is 2.07. The number of aryl methyl sites for hydroxylation is 1. The minimum atomic E-state index is -1.03. The van der Waals surface area contributed by atoms with Gasteiger partial charge >= 0.3 is 5.69 Å². The molecule has 0 radical (unpaired) electrons. The van der Waals surface area contributed by atoms with Crippen molar-refractivity contribution in [2.75, 3.05) is 5.32 Å². The van der Waals surface area contributed by atoms with E-state index in [1.807, 2.05) is 6.92 Å². The molecule has 0 saturated heterocycles. The summed E-state index contributed by atoms with van der Waals surface area (Å²) in [7, 11) is 1.20. The molecule has 1 amide bonds. The molecule has 3 rings (SSSR count). The van der Waals surface area contributed by atoms with Crippen molar-refractivity contribution < 1.29 is 13.6 Å². The third-order valence-electron chi connectivity index (χ3n) is 3.85. The van der Waals surface area contributed by atoms with Crippen LogP contribution in [0, 0.1) is 18.6 Å². The fraction of sp³-hybridized carbons (Fsp3) is 0.111. The van der Waals surface area contributed by atoms with Gasteiger partial charge in [-0.1, -0.05) is 17.7 Å². The molecule has 1 heterocycles. The van der Waals surface area contributed by atoms with Crippen molar-refractivity contribution in [3.63, 3.8) is 0 Å². The molecule has 1 aromatic heterocycles. The van der Waals surface area contributed by atoms with Gasteiger partial charge in [-0.15, -0.1) is 0 Å². The molecular weight excluding hydrogens is 358 g/mol. The van der Waals surface area contributed by atoms with Gasteiger partial charge in [0.2, 0.25) is 5.69 Å². The van der Waals surface area contributed by atoms with Crippen LogP contribution < -0.4 is 16.6 Å². The Kier molecular flexibility index (Phi) is 4.68. The Labute approximate surface area is 151 Å². The van der Waals surface area contributed by atoms with Gasteiger partial charge in [0.15, 0.2) is 0 Å². The highest BCUT2D eigenvalue weighted by Gasteiger charge is 2.20.